The second kappa shape index (κ2) is 9.75. The van der Waals surface area contributed by atoms with E-state index >= 15 is 0 Å². The van der Waals surface area contributed by atoms with Gasteiger partial charge < -0.3 is 24.3 Å². The number of aromatic carboxylic acids is 1. The molecule has 0 bridgehead atoms. The number of hydrogen-bond donors (Lipinski definition) is 0. The predicted molar refractivity (Wildman–Crippen MR) is 117 cm³/mol. The van der Waals surface area contributed by atoms with E-state index in [-0.39, 0.29) is 18.1 Å². The number of amides is 1. The van der Waals surface area contributed by atoms with Crippen LogP contribution in [0.4, 0.5) is 0 Å². The van der Waals surface area contributed by atoms with E-state index in [1.54, 1.807) is 62.6 Å². The molecule has 0 aliphatic rings. The van der Waals surface area contributed by atoms with E-state index in [2.05, 4.69) is 4.98 Å². The maximum atomic E-state index is 11.8. The minimum absolute atomic E-state index is 0.0880. The molecular weight excluding hydrogens is 396 g/mol. The number of carboxylic acids is 1. The van der Waals surface area contributed by atoms with Crippen LogP contribution in [0.15, 0.2) is 48.5 Å². The summed E-state index contributed by atoms with van der Waals surface area (Å²) in [6.07, 6.45) is 3.52. The van der Waals surface area contributed by atoms with Crippen molar-refractivity contribution in [2.75, 3.05) is 27.3 Å². The van der Waals surface area contributed by atoms with Gasteiger partial charge in [-0.05, 0) is 42.8 Å². The van der Waals surface area contributed by atoms with Crippen molar-refractivity contribution in [1.29, 1.82) is 0 Å². The van der Waals surface area contributed by atoms with Crippen LogP contribution in [0, 0.1) is 0 Å². The molecule has 0 radical (unpaired) electrons. The van der Waals surface area contributed by atoms with E-state index in [1.165, 1.54) is 11.0 Å². The van der Waals surface area contributed by atoms with Gasteiger partial charge in [-0.15, -0.1) is 0 Å². The highest BCUT2D eigenvalue weighted by molar-refractivity contribution is 6.02. The number of aromatic nitrogens is 1. The summed E-state index contributed by atoms with van der Waals surface area (Å²) in [5, 5.41) is 12.1. The Morgan fingerprint density at radius 1 is 1.03 bits per heavy atom. The summed E-state index contributed by atoms with van der Waals surface area (Å²) in [6, 6.07) is 13.8. The maximum absolute atomic E-state index is 11.8. The minimum Gasteiger partial charge on any atom is -0.545 e. The molecule has 0 atom stereocenters. The van der Waals surface area contributed by atoms with Crippen LogP contribution in [-0.4, -0.2) is 49.1 Å². The molecule has 7 heteroatoms. The first-order chi connectivity index (χ1) is 14.9. The Morgan fingerprint density at radius 2 is 1.81 bits per heavy atom. The van der Waals surface area contributed by atoms with Crippen LogP contribution >= 0.6 is 0 Å². The summed E-state index contributed by atoms with van der Waals surface area (Å²) in [6.45, 7) is 2.21. The summed E-state index contributed by atoms with van der Waals surface area (Å²) in [5.74, 6) is -0.423. The van der Waals surface area contributed by atoms with Crippen LogP contribution in [0.25, 0.3) is 23.1 Å². The van der Waals surface area contributed by atoms with Crippen LogP contribution in [0.2, 0.25) is 0 Å². The molecule has 0 unspecified atom stereocenters. The van der Waals surface area contributed by atoms with E-state index in [1.807, 2.05) is 13.0 Å². The van der Waals surface area contributed by atoms with Crippen molar-refractivity contribution in [3.05, 3.63) is 65.4 Å². The van der Waals surface area contributed by atoms with Gasteiger partial charge in [-0.3, -0.25) is 4.79 Å². The normalized spacial score (nSPS) is 10.9. The van der Waals surface area contributed by atoms with Gasteiger partial charge in [0.25, 0.3) is 5.91 Å². The Labute approximate surface area is 180 Å². The fourth-order valence-corrected chi connectivity index (χ4v) is 2.92. The fraction of sp³-hybridized carbons (Fsp3) is 0.208. The van der Waals surface area contributed by atoms with Gasteiger partial charge in [-0.2, -0.15) is 0 Å². The Kier molecular flexibility index (Phi) is 6.87. The van der Waals surface area contributed by atoms with Crippen LogP contribution in [-0.2, 0) is 4.79 Å². The molecule has 0 N–H and O–H groups in total. The van der Waals surface area contributed by atoms with Crippen molar-refractivity contribution in [3.63, 3.8) is 0 Å². The van der Waals surface area contributed by atoms with Crippen molar-refractivity contribution in [2.45, 2.75) is 6.92 Å². The average Bonchev–Trinajstić information content (AvgIpc) is 2.76. The second-order valence-electron chi connectivity index (χ2n) is 6.95. The number of carbonyl (C=O) groups excluding carboxylic acids is 2. The number of pyridine rings is 1. The maximum Gasteiger partial charge on any atom is 0.259 e. The van der Waals surface area contributed by atoms with E-state index in [0.29, 0.717) is 34.7 Å². The molecule has 1 heterocycles. The van der Waals surface area contributed by atoms with Gasteiger partial charge >= 0.3 is 0 Å². The number of fused-ring (bicyclic) bond motifs is 1. The molecular formula is C24H23N2O5-. The molecule has 3 rings (SSSR count). The van der Waals surface area contributed by atoms with Gasteiger partial charge in [0.15, 0.2) is 18.1 Å². The van der Waals surface area contributed by atoms with Crippen LogP contribution in [0.1, 0.15) is 28.5 Å². The van der Waals surface area contributed by atoms with Gasteiger partial charge in [0, 0.05) is 25.0 Å². The van der Waals surface area contributed by atoms with Crippen molar-refractivity contribution < 1.29 is 24.2 Å². The van der Waals surface area contributed by atoms with Gasteiger partial charge in [0.2, 0.25) is 0 Å². The SMILES string of the molecule is CCOc1cc(/C=C/c2cc(C(=O)[O-])c3ccccc3n2)ccc1OCC(=O)N(C)C. The lowest BCUT2D eigenvalue weighted by atomic mass is 10.1. The summed E-state index contributed by atoms with van der Waals surface area (Å²) >= 11 is 0. The van der Waals surface area contributed by atoms with E-state index in [0.717, 1.165) is 5.56 Å². The van der Waals surface area contributed by atoms with E-state index < -0.39 is 5.97 Å². The number of nitrogens with zero attached hydrogens (tertiary/aromatic N) is 2. The Balaban J connectivity index is 1.87. The van der Waals surface area contributed by atoms with Crippen LogP contribution in [0.5, 0.6) is 11.5 Å². The molecule has 3 aromatic rings. The first kappa shape index (κ1) is 21.8. The topological polar surface area (TPSA) is 91.8 Å². The number of rotatable bonds is 8. The average molecular weight is 419 g/mol. The number of likely N-dealkylation sites (N-methyl/N-ethyl adjacent to an activating group) is 1. The highest BCUT2D eigenvalue weighted by Crippen LogP contribution is 2.29. The monoisotopic (exact) mass is 419 g/mol. The molecule has 0 saturated carbocycles. The van der Waals surface area contributed by atoms with Crippen molar-refractivity contribution >= 4 is 34.9 Å². The highest BCUT2D eigenvalue weighted by atomic mass is 16.5. The smallest absolute Gasteiger partial charge is 0.259 e. The van der Waals surface area contributed by atoms with Crippen LogP contribution in [0.3, 0.4) is 0 Å². The number of para-hydroxylation sites is 1. The molecule has 0 aliphatic heterocycles. The molecule has 1 amide bonds. The second-order valence-corrected chi connectivity index (χ2v) is 6.95. The van der Waals surface area contributed by atoms with E-state index in [9.17, 15) is 14.7 Å². The van der Waals surface area contributed by atoms with Gasteiger partial charge in [0.1, 0.15) is 0 Å². The summed E-state index contributed by atoms with van der Waals surface area (Å²) in [5.41, 5.74) is 1.97. The highest BCUT2D eigenvalue weighted by Gasteiger charge is 2.10. The van der Waals surface area contributed by atoms with Crippen molar-refractivity contribution in [3.8, 4) is 11.5 Å². The molecule has 0 fully saturated rings. The van der Waals surface area contributed by atoms with Crippen molar-refractivity contribution in [2.24, 2.45) is 0 Å². The largest absolute Gasteiger partial charge is 0.545 e. The number of benzene rings is 2. The lowest BCUT2D eigenvalue weighted by Gasteiger charge is -2.14. The molecule has 160 valence electrons. The third kappa shape index (κ3) is 5.39. The standard InChI is InChI=1S/C24H24N2O5/c1-4-30-22-13-16(10-12-21(22)31-15-23(27)26(2)3)9-11-17-14-19(24(28)29)18-7-5-6-8-20(18)25-17/h5-14H,4,15H2,1-3H3,(H,28,29)/p-1/b11-9+. The number of hydrogen-bond acceptors (Lipinski definition) is 6. The zero-order chi connectivity index (χ0) is 22.4. The molecule has 0 saturated heterocycles. The Bertz CT molecular complexity index is 1140. The summed E-state index contributed by atoms with van der Waals surface area (Å²) < 4.78 is 11.2. The lowest BCUT2D eigenvalue weighted by Crippen LogP contribution is -2.27. The number of ether oxygens (including phenoxy) is 2. The third-order valence-corrected chi connectivity index (χ3v) is 4.52. The number of carboxylic acid groups (broad SMARTS) is 1. The molecule has 0 spiro atoms. The molecule has 7 nitrogen and oxygen atoms in total. The molecule has 0 aliphatic carbocycles. The molecule has 1 aromatic heterocycles. The van der Waals surface area contributed by atoms with Crippen LogP contribution < -0.4 is 14.6 Å². The first-order valence-electron chi connectivity index (χ1n) is 9.78. The fourth-order valence-electron chi connectivity index (χ4n) is 2.92. The Morgan fingerprint density at radius 3 is 2.52 bits per heavy atom. The van der Waals surface area contributed by atoms with Gasteiger partial charge in [-0.1, -0.05) is 30.3 Å². The van der Waals surface area contributed by atoms with Crippen molar-refractivity contribution in [1.82, 2.24) is 9.88 Å². The molecule has 2 aromatic carbocycles. The van der Waals surface area contributed by atoms with Gasteiger partial charge in [-0.25, -0.2) is 4.98 Å². The van der Waals surface area contributed by atoms with E-state index in [4.69, 9.17) is 9.47 Å². The zero-order valence-electron chi connectivity index (χ0n) is 17.6. The third-order valence-electron chi connectivity index (χ3n) is 4.52. The predicted octanol–water partition coefficient (Wildman–Crippen LogP) is 2.63. The molecule has 31 heavy (non-hydrogen) atoms. The lowest BCUT2D eigenvalue weighted by molar-refractivity contribution is -0.254. The first-order valence-corrected chi connectivity index (χ1v) is 9.78. The summed E-state index contributed by atoms with van der Waals surface area (Å²) in [4.78, 5) is 29.3. The summed E-state index contributed by atoms with van der Waals surface area (Å²) in [7, 11) is 3.32. The zero-order valence-corrected chi connectivity index (χ0v) is 17.6. The van der Waals surface area contributed by atoms with Gasteiger partial charge in [0.05, 0.1) is 23.8 Å². The minimum atomic E-state index is -1.25. The number of carbonyl (C=O) groups is 2. The Hall–Kier alpha value is -3.87. The quantitative estimate of drug-likeness (QED) is 0.557.